The number of rotatable bonds is 4. The van der Waals surface area contributed by atoms with Gasteiger partial charge in [-0.05, 0) is 11.6 Å². The van der Waals surface area contributed by atoms with Crippen LogP contribution in [0.15, 0.2) is 12.2 Å². The van der Waals surface area contributed by atoms with Crippen molar-refractivity contribution in [2.45, 2.75) is 12.8 Å². The Labute approximate surface area is 79.8 Å². The maximum Gasteiger partial charge on any atom is 0.178 e. The highest BCUT2D eigenvalue weighted by atomic mass is 79.9. The zero-order valence-electron chi connectivity index (χ0n) is 6.94. The number of aryl methyl sites for hydroxylation is 1. The molecular weight excluding hydrogens is 220 g/mol. The van der Waals surface area contributed by atoms with Gasteiger partial charge in [0.15, 0.2) is 5.82 Å². The Morgan fingerprint density at radius 2 is 2.33 bits per heavy atom. The van der Waals surface area contributed by atoms with E-state index in [1.165, 1.54) is 4.80 Å². The summed E-state index contributed by atoms with van der Waals surface area (Å²) in [5, 5.41) is 12.6. The molecule has 0 aliphatic heterocycles. The monoisotopic (exact) mass is 230 g/mol. The number of aromatic nitrogens is 4. The van der Waals surface area contributed by atoms with Crippen LogP contribution in [0.3, 0.4) is 0 Å². The molecule has 0 aliphatic rings. The van der Waals surface area contributed by atoms with Crippen LogP contribution in [0.5, 0.6) is 0 Å². The molecule has 0 spiro atoms. The second-order valence-corrected chi connectivity index (χ2v) is 3.14. The summed E-state index contributed by atoms with van der Waals surface area (Å²) < 4.78 is 0. The minimum atomic E-state index is 0.765. The first-order chi connectivity index (χ1) is 5.83. The Hall–Kier alpha value is -0.710. The van der Waals surface area contributed by atoms with E-state index in [2.05, 4.69) is 43.5 Å². The Morgan fingerprint density at radius 3 is 2.92 bits per heavy atom. The molecule has 1 aromatic rings. The Bertz CT molecular complexity index is 256. The number of halogens is 1. The molecule has 0 bridgehead atoms. The highest BCUT2D eigenvalue weighted by Crippen LogP contribution is 1.93. The first-order valence-corrected chi connectivity index (χ1v) is 4.89. The summed E-state index contributed by atoms with van der Waals surface area (Å²) in [7, 11) is 1.76. The zero-order valence-corrected chi connectivity index (χ0v) is 8.53. The van der Waals surface area contributed by atoms with Gasteiger partial charge in [-0.1, -0.05) is 28.1 Å². The van der Waals surface area contributed by atoms with Gasteiger partial charge in [0.2, 0.25) is 0 Å². The van der Waals surface area contributed by atoms with Crippen LogP contribution in [0, 0.1) is 0 Å². The molecule has 0 aromatic carbocycles. The first-order valence-electron chi connectivity index (χ1n) is 3.77. The van der Waals surface area contributed by atoms with Gasteiger partial charge in [0.1, 0.15) is 0 Å². The lowest BCUT2D eigenvalue weighted by Crippen LogP contribution is -1.92. The largest absolute Gasteiger partial charge is 0.178 e. The third-order valence-electron chi connectivity index (χ3n) is 1.29. The number of nitrogens with zero attached hydrogens (tertiary/aromatic N) is 4. The molecule has 0 atom stereocenters. The van der Waals surface area contributed by atoms with Crippen molar-refractivity contribution in [2.75, 3.05) is 5.33 Å². The van der Waals surface area contributed by atoms with Crippen LogP contribution in [0.25, 0.3) is 0 Å². The summed E-state index contributed by atoms with van der Waals surface area (Å²) in [5.41, 5.74) is 0. The predicted molar refractivity (Wildman–Crippen MR) is 50.1 cm³/mol. The number of hydrogen-bond acceptors (Lipinski definition) is 3. The summed E-state index contributed by atoms with van der Waals surface area (Å²) in [6, 6.07) is 0. The summed E-state index contributed by atoms with van der Waals surface area (Å²) >= 11 is 3.34. The third kappa shape index (κ3) is 3.13. The maximum absolute atomic E-state index is 4.04. The van der Waals surface area contributed by atoms with E-state index in [4.69, 9.17) is 0 Å². The number of alkyl halides is 1. The summed E-state index contributed by atoms with van der Waals surface area (Å²) in [6.07, 6.45) is 5.96. The smallest absolute Gasteiger partial charge is 0.167 e. The van der Waals surface area contributed by atoms with Crippen molar-refractivity contribution in [3.63, 3.8) is 0 Å². The Kier molecular flexibility index (Phi) is 3.93. The summed E-state index contributed by atoms with van der Waals surface area (Å²) in [5.74, 6) is 0.767. The molecule has 1 rings (SSSR count). The normalized spacial score (nSPS) is 11.2. The SMILES string of the molecule is Cn1nnc(C/C=C/CCBr)n1. The van der Waals surface area contributed by atoms with Crippen molar-refractivity contribution >= 4 is 15.9 Å². The molecule has 0 unspecified atom stereocenters. The lowest BCUT2D eigenvalue weighted by molar-refractivity contribution is 0.628. The van der Waals surface area contributed by atoms with E-state index < -0.39 is 0 Å². The molecule has 0 saturated carbocycles. The van der Waals surface area contributed by atoms with E-state index in [1.807, 2.05) is 0 Å². The van der Waals surface area contributed by atoms with Crippen LogP contribution >= 0.6 is 15.9 Å². The molecule has 0 fully saturated rings. The number of tetrazole rings is 1. The fourth-order valence-electron chi connectivity index (χ4n) is 0.775. The van der Waals surface area contributed by atoms with E-state index in [1.54, 1.807) is 7.05 Å². The van der Waals surface area contributed by atoms with Crippen LogP contribution < -0.4 is 0 Å². The van der Waals surface area contributed by atoms with Crippen LogP contribution in [0.4, 0.5) is 0 Å². The van der Waals surface area contributed by atoms with Crippen molar-refractivity contribution in [3.05, 3.63) is 18.0 Å². The number of hydrogen-bond donors (Lipinski definition) is 0. The van der Waals surface area contributed by atoms with E-state index in [-0.39, 0.29) is 0 Å². The molecule has 1 aromatic heterocycles. The fraction of sp³-hybridized carbons (Fsp3) is 0.571. The molecule has 4 nitrogen and oxygen atoms in total. The Morgan fingerprint density at radius 1 is 1.50 bits per heavy atom. The van der Waals surface area contributed by atoms with Crippen molar-refractivity contribution in [3.8, 4) is 0 Å². The van der Waals surface area contributed by atoms with Gasteiger partial charge >= 0.3 is 0 Å². The van der Waals surface area contributed by atoms with Crippen molar-refractivity contribution < 1.29 is 0 Å². The molecular formula is C7H11BrN4. The van der Waals surface area contributed by atoms with Crippen LogP contribution in [-0.4, -0.2) is 25.5 Å². The molecule has 0 amide bonds. The molecule has 0 aliphatic carbocycles. The highest BCUT2D eigenvalue weighted by molar-refractivity contribution is 9.09. The second-order valence-electron chi connectivity index (χ2n) is 2.35. The summed E-state index contributed by atoms with van der Waals surface area (Å²) in [4.78, 5) is 1.47. The average Bonchev–Trinajstić information content (AvgIpc) is 2.45. The standard InChI is InChI=1S/C7H11BrN4/c1-12-10-7(9-11-12)5-3-2-4-6-8/h2-3H,4-6H2,1H3/b3-2+. The zero-order chi connectivity index (χ0) is 8.81. The minimum Gasteiger partial charge on any atom is -0.167 e. The fourth-order valence-corrected chi connectivity index (χ4v) is 1.04. The second kappa shape index (κ2) is 5.03. The van der Waals surface area contributed by atoms with Crippen molar-refractivity contribution in [1.29, 1.82) is 0 Å². The summed E-state index contributed by atoms with van der Waals surface area (Å²) in [6.45, 7) is 0. The lowest BCUT2D eigenvalue weighted by atomic mass is 10.3. The van der Waals surface area contributed by atoms with Gasteiger partial charge in [0.25, 0.3) is 0 Å². The van der Waals surface area contributed by atoms with Gasteiger partial charge in [-0.15, -0.1) is 10.2 Å². The molecule has 5 heteroatoms. The average molecular weight is 231 g/mol. The third-order valence-corrected chi connectivity index (χ3v) is 1.75. The van der Waals surface area contributed by atoms with E-state index in [0.29, 0.717) is 0 Å². The van der Waals surface area contributed by atoms with E-state index >= 15 is 0 Å². The van der Waals surface area contributed by atoms with Crippen LogP contribution in [-0.2, 0) is 13.5 Å². The van der Waals surface area contributed by atoms with Crippen LogP contribution in [0.1, 0.15) is 12.2 Å². The predicted octanol–water partition coefficient (Wildman–Crippen LogP) is 1.09. The van der Waals surface area contributed by atoms with Gasteiger partial charge in [0.05, 0.1) is 7.05 Å². The van der Waals surface area contributed by atoms with Crippen LogP contribution in [0.2, 0.25) is 0 Å². The maximum atomic E-state index is 4.04. The van der Waals surface area contributed by atoms with Crippen molar-refractivity contribution in [1.82, 2.24) is 20.2 Å². The van der Waals surface area contributed by atoms with Gasteiger partial charge in [0, 0.05) is 11.8 Å². The quantitative estimate of drug-likeness (QED) is 0.575. The molecule has 1 heterocycles. The van der Waals surface area contributed by atoms with Gasteiger partial charge in [-0.3, -0.25) is 0 Å². The van der Waals surface area contributed by atoms with Gasteiger partial charge < -0.3 is 0 Å². The molecule has 0 N–H and O–H groups in total. The molecule has 12 heavy (non-hydrogen) atoms. The lowest BCUT2D eigenvalue weighted by Gasteiger charge is -1.84. The number of allylic oxidation sites excluding steroid dienone is 2. The molecule has 0 radical (unpaired) electrons. The van der Waals surface area contributed by atoms with Crippen molar-refractivity contribution in [2.24, 2.45) is 7.05 Å². The molecule has 66 valence electrons. The van der Waals surface area contributed by atoms with E-state index in [9.17, 15) is 0 Å². The van der Waals surface area contributed by atoms with Gasteiger partial charge in [-0.25, -0.2) is 0 Å². The minimum absolute atomic E-state index is 0.765. The molecule has 0 saturated heterocycles. The first kappa shape index (κ1) is 9.38. The van der Waals surface area contributed by atoms with E-state index in [0.717, 1.165) is 24.0 Å². The topological polar surface area (TPSA) is 43.6 Å². The Balaban J connectivity index is 2.33. The highest BCUT2D eigenvalue weighted by Gasteiger charge is 1.94. The van der Waals surface area contributed by atoms with Gasteiger partial charge in [-0.2, -0.15) is 4.80 Å².